The SMILES string of the molecule is C/C(=N\N1CCN(C2c3ccccc3-c3ccccc32)CC1)c1ccc(Cl)cc1. The number of hydrazone groups is 1. The van der Waals surface area contributed by atoms with Crippen LogP contribution in [0.4, 0.5) is 0 Å². The van der Waals surface area contributed by atoms with Crippen molar-refractivity contribution in [2.75, 3.05) is 26.2 Å². The summed E-state index contributed by atoms with van der Waals surface area (Å²) >= 11 is 6.00. The molecule has 1 fully saturated rings. The Labute approximate surface area is 177 Å². The lowest BCUT2D eigenvalue weighted by Gasteiger charge is -2.37. The number of nitrogens with zero attached hydrogens (tertiary/aromatic N) is 3. The number of benzene rings is 3. The van der Waals surface area contributed by atoms with Gasteiger partial charge in [-0.25, -0.2) is 0 Å². The molecule has 4 heteroatoms. The Hall–Kier alpha value is -2.62. The van der Waals surface area contributed by atoms with Crippen LogP contribution >= 0.6 is 11.6 Å². The number of fused-ring (bicyclic) bond motifs is 3. The number of halogens is 1. The minimum absolute atomic E-state index is 0.353. The summed E-state index contributed by atoms with van der Waals surface area (Å²) in [6.45, 7) is 5.95. The first-order chi connectivity index (χ1) is 14.2. The van der Waals surface area contributed by atoms with Crippen LogP contribution in [0, 0.1) is 0 Å². The van der Waals surface area contributed by atoms with Crippen molar-refractivity contribution in [3.8, 4) is 11.1 Å². The van der Waals surface area contributed by atoms with Crippen LogP contribution in [0.1, 0.15) is 29.7 Å². The topological polar surface area (TPSA) is 18.8 Å². The number of hydrogen-bond donors (Lipinski definition) is 0. The van der Waals surface area contributed by atoms with Crippen LogP contribution in [0.5, 0.6) is 0 Å². The van der Waals surface area contributed by atoms with E-state index in [9.17, 15) is 0 Å². The van der Waals surface area contributed by atoms with Gasteiger partial charge in [0, 0.05) is 31.2 Å². The monoisotopic (exact) mass is 401 g/mol. The van der Waals surface area contributed by atoms with Crippen molar-refractivity contribution in [2.24, 2.45) is 5.10 Å². The molecule has 3 aromatic carbocycles. The van der Waals surface area contributed by atoms with Crippen LogP contribution in [-0.2, 0) is 0 Å². The standard InChI is InChI=1S/C25H24ClN3/c1-18(19-10-12-20(26)13-11-19)27-29-16-14-28(15-17-29)25-23-8-4-2-6-21(23)22-7-3-5-9-24(22)25/h2-13,25H,14-17H2,1H3/b27-18+. The van der Waals surface area contributed by atoms with Crippen molar-refractivity contribution in [3.05, 3.63) is 94.5 Å². The first-order valence-corrected chi connectivity index (χ1v) is 10.6. The highest BCUT2D eigenvalue weighted by molar-refractivity contribution is 6.30. The zero-order valence-corrected chi connectivity index (χ0v) is 17.3. The smallest absolute Gasteiger partial charge is 0.0646 e. The second-order valence-corrected chi connectivity index (χ2v) is 8.20. The third-order valence-corrected chi connectivity index (χ3v) is 6.26. The second-order valence-electron chi connectivity index (χ2n) is 7.76. The highest BCUT2D eigenvalue weighted by Crippen LogP contribution is 2.46. The molecule has 0 radical (unpaired) electrons. The van der Waals surface area contributed by atoms with E-state index in [0.717, 1.165) is 42.5 Å². The van der Waals surface area contributed by atoms with Gasteiger partial charge in [0.1, 0.15) is 0 Å². The van der Waals surface area contributed by atoms with Gasteiger partial charge in [0.15, 0.2) is 0 Å². The van der Waals surface area contributed by atoms with E-state index < -0.39 is 0 Å². The molecule has 3 nitrogen and oxygen atoms in total. The van der Waals surface area contributed by atoms with Crippen molar-refractivity contribution < 1.29 is 0 Å². The predicted octanol–water partition coefficient (Wildman–Crippen LogP) is 5.45. The largest absolute Gasteiger partial charge is 0.294 e. The molecule has 0 saturated carbocycles. The number of piperazine rings is 1. The average Bonchev–Trinajstić information content (AvgIpc) is 3.09. The molecule has 0 aromatic heterocycles. The summed E-state index contributed by atoms with van der Waals surface area (Å²) in [5.41, 5.74) is 7.78. The summed E-state index contributed by atoms with van der Waals surface area (Å²) in [6, 6.07) is 25.9. The van der Waals surface area contributed by atoms with Gasteiger partial charge >= 0.3 is 0 Å². The van der Waals surface area contributed by atoms with Crippen molar-refractivity contribution in [3.63, 3.8) is 0 Å². The Balaban J connectivity index is 1.33. The molecule has 0 spiro atoms. The molecule has 1 heterocycles. The van der Waals surface area contributed by atoms with Gasteiger partial charge in [-0.05, 0) is 46.9 Å². The van der Waals surface area contributed by atoms with E-state index in [1.54, 1.807) is 0 Å². The highest BCUT2D eigenvalue weighted by Gasteiger charge is 2.33. The van der Waals surface area contributed by atoms with Gasteiger partial charge in [-0.15, -0.1) is 0 Å². The van der Waals surface area contributed by atoms with Crippen LogP contribution in [0.15, 0.2) is 77.9 Å². The molecule has 0 atom stereocenters. The summed E-state index contributed by atoms with van der Waals surface area (Å²) in [6.07, 6.45) is 0. The maximum absolute atomic E-state index is 6.00. The molecule has 0 bridgehead atoms. The summed E-state index contributed by atoms with van der Waals surface area (Å²) in [5, 5.41) is 7.82. The molecule has 0 unspecified atom stereocenters. The lowest BCUT2D eigenvalue weighted by molar-refractivity contribution is 0.114. The summed E-state index contributed by atoms with van der Waals surface area (Å²) in [7, 11) is 0. The lowest BCUT2D eigenvalue weighted by Crippen LogP contribution is -2.45. The van der Waals surface area contributed by atoms with E-state index in [1.165, 1.54) is 22.3 Å². The fourth-order valence-electron chi connectivity index (χ4n) is 4.55. The number of hydrogen-bond acceptors (Lipinski definition) is 3. The molecule has 3 aromatic rings. The van der Waals surface area contributed by atoms with Crippen molar-refractivity contribution in [1.82, 2.24) is 9.91 Å². The molecule has 1 aliphatic heterocycles. The summed E-state index contributed by atoms with van der Waals surface area (Å²) < 4.78 is 0. The molecular formula is C25H24ClN3. The molecule has 5 rings (SSSR count). The Kier molecular flexibility index (Phi) is 4.86. The van der Waals surface area contributed by atoms with Gasteiger partial charge in [0.2, 0.25) is 0 Å². The Bertz CT molecular complexity index is 1000. The number of rotatable bonds is 3. The van der Waals surface area contributed by atoms with E-state index in [2.05, 4.69) is 65.4 Å². The van der Waals surface area contributed by atoms with E-state index in [4.69, 9.17) is 16.7 Å². The zero-order valence-electron chi connectivity index (χ0n) is 16.6. The Morgan fingerprint density at radius 1 is 0.793 bits per heavy atom. The highest BCUT2D eigenvalue weighted by atomic mass is 35.5. The van der Waals surface area contributed by atoms with Crippen molar-refractivity contribution in [1.29, 1.82) is 0 Å². The Morgan fingerprint density at radius 3 is 1.93 bits per heavy atom. The van der Waals surface area contributed by atoms with E-state index in [-0.39, 0.29) is 0 Å². The fraction of sp³-hybridized carbons (Fsp3) is 0.240. The third kappa shape index (κ3) is 3.45. The van der Waals surface area contributed by atoms with Crippen LogP contribution in [0.3, 0.4) is 0 Å². The summed E-state index contributed by atoms with van der Waals surface area (Å²) in [5.74, 6) is 0. The maximum atomic E-state index is 6.00. The van der Waals surface area contributed by atoms with E-state index in [0.29, 0.717) is 6.04 Å². The van der Waals surface area contributed by atoms with Crippen LogP contribution in [0.25, 0.3) is 11.1 Å². The van der Waals surface area contributed by atoms with E-state index >= 15 is 0 Å². The average molecular weight is 402 g/mol. The fourth-order valence-corrected chi connectivity index (χ4v) is 4.68. The molecule has 1 saturated heterocycles. The summed E-state index contributed by atoms with van der Waals surface area (Å²) in [4.78, 5) is 2.61. The quantitative estimate of drug-likeness (QED) is 0.543. The van der Waals surface area contributed by atoms with Gasteiger partial charge in [-0.1, -0.05) is 72.3 Å². The van der Waals surface area contributed by atoms with Crippen LogP contribution < -0.4 is 0 Å². The molecule has 146 valence electrons. The van der Waals surface area contributed by atoms with Crippen LogP contribution in [-0.4, -0.2) is 41.8 Å². The minimum atomic E-state index is 0.353. The van der Waals surface area contributed by atoms with Gasteiger partial charge < -0.3 is 0 Å². The van der Waals surface area contributed by atoms with Gasteiger partial charge in [0.05, 0.1) is 11.8 Å². The van der Waals surface area contributed by atoms with Gasteiger partial charge in [0.25, 0.3) is 0 Å². The van der Waals surface area contributed by atoms with Gasteiger partial charge in [-0.2, -0.15) is 5.10 Å². The van der Waals surface area contributed by atoms with Gasteiger partial charge in [-0.3, -0.25) is 9.91 Å². The maximum Gasteiger partial charge on any atom is 0.0646 e. The molecule has 0 amide bonds. The molecule has 1 aliphatic carbocycles. The predicted molar refractivity (Wildman–Crippen MR) is 121 cm³/mol. The molecule has 0 N–H and O–H groups in total. The minimum Gasteiger partial charge on any atom is -0.294 e. The van der Waals surface area contributed by atoms with E-state index in [1.807, 2.05) is 24.3 Å². The van der Waals surface area contributed by atoms with Crippen LogP contribution in [0.2, 0.25) is 5.02 Å². The third-order valence-electron chi connectivity index (χ3n) is 6.01. The first-order valence-electron chi connectivity index (χ1n) is 10.2. The van der Waals surface area contributed by atoms with Crippen molar-refractivity contribution >= 4 is 17.3 Å². The zero-order chi connectivity index (χ0) is 19.8. The second kappa shape index (κ2) is 7.66. The molecular weight excluding hydrogens is 378 g/mol. The Morgan fingerprint density at radius 2 is 1.34 bits per heavy atom. The lowest BCUT2D eigenvalue weighted by atomic mass is 10.0. The molecule has 2 aliphatic rings. The molecule has 29 heavy (non-hydrogen) atoms. The first kappa shape index (κ1) is 18.4. The normalized spacial score (nSPS) is 17.3. The van der Waals surface area contributed by atoms with Crippen molar-refractivity contribution in [2.45, 2.75) is 13.0 Å².